The Morgan fingerprint density at radius 3 is 2.50 bits per heavy atom. The molecule has 0 saturated carbocycles. The molecule has 0 spiro atoms. The summed E-state index contributed by atoms with van der Waals surface area (Å²) in [5.74, 6) is -0.556. The molecular formula is C12H19NO5S2. The van der Waals surface area contributed by atoms with Gasteiger partial charge in [-0.15, -0.1) is 11.3 Å². The minimum absolute atomic E-state index is 0.0355. The SMILES string of the molecule is COC(C)(C)CCOC(=O)c1cc(S(N)(=O)=O)c(C)s1. The highest BCUT2D eigenvalue weighted by molar-refractivity contribution is 7.89. The van der Waals surface area contributed by atoms with Crippen molar-refractivity contribution in [2.24, 2.45) is 5.14 Å². The number of aryl methyl sites for hydroxylation is 1. The van der Waals surface area contributed by atoms with E-state index in [-0.39, 0.29) is 22.0 Å². The molecule has 20 heavy (non-hydrogen) atoms. The third-order valence-corrected chi connectivity index (χ3v) is 5.07. The number of carbonyl (C=O) groups excluding carboxylic acids is 1. The summed E-state index contributed by atoms with van der Waals surface area (Å²) in [6, 6.07) is 1.25. The van der Waals surface area contributed by atoms with E-state index in [4.69, 9.17) is 14.6 Å². The molecule has 1 aromatic heterocycles. The number of thiophene rings is 1. The summed E-state index contributed by atoms with van der Waals surface area (Å²) in [6.07, 6.45) is 0.543. The van der Waals surface area contributed by atoms with E-state index in [0.29, 0.717) is 11.3 Å². The highest BCUT2D eigenvalue weighted by Crippen LogP contribution is 2.25. The van der Waals surface area contributed by atoms with E-state index < -0.39 is 16.0 Å². The van der Waals surface area contributed by atoms with Gasteiger partial charge in [0.25, 0.3) is 0 Å². The van der Waals surface area contributed by atoms with Crippen LogP contribution in [0.2, 0.25) is 0 Å². The Labute approximate surface area is 122 Å². The first-order valence-corrected chi connectivity index (χ1v) is 8.28. The van der Waals surface area contributed by atoms with Crippen LogP contribution in [0.3, 0.4) is 0 Å². The summed E-state index contributed by atoms with van der Waals surface area (Å²) >= 11 is 1.05. The summed E-state index contributed by atoms with van der Waals surface area (Å²) in [5, 5.41) is 5.06. The molecule has 2 N–H and O–H groups in total. The molecule has 8 heteroatoms. The first-order valence-electron chi connectivity index (χ1n) is 5.92. The van der Waals surface area contributed by atoms with Gasteiger partial charge in [-0.1, -0.05) is 0 Å². The molecule has 0 unspecified atom stereocenters. The van der Waals surface area contributed by atoms with Crippen LogP contribution in [0.4, 0.5) is 0 Å². The van der Waals surface area contributed by atoms with Crippen LogP contribution in [-0.4, -0.2) is 33.7 Å². The molecule has 0 aromatic carbocycles. The van der Waals surface area contributed by atoms with Crippen LogP contribution in [0.1, 0.15) is 34.8 Å². The lowest BCUT2D eigenvalue weighted by Crippen LogP contribution is -2.25. The molecule has 6 nitrogen and oxygen atoms in total. The second-order valence-electron chi connectivity index (χ2n) is 4.93. The average molecular weight is 321 g/mol. The van der Waals surface area contributed by atoms with Crippen LogP contribution in [0, 0.1) is 6.92 Å². The maximum atomic E-state index is 11.8. The summed E-state index contributed by atoms with van der Waals surface area (Å²) in [7, 11) is -2.23. The standard InChI is InChI=1S/C12H19NO5S2/c1-8-10(20(13,15)16)7-9(19-8)11(14)18-6-5-12(2,3)17-4/h7H,5-6H2,1-4H3,(H2,13,15,16). The predicted octanol–water partition coefficient (Wildman–Crippen LogP) is 1.68. The van der Waals surface area contributed by atoms with Crippen molar-refractivity contribution in [1.29, 1.82) is 0 Å². The fourth-order valence-corrected chi connectivity index (χ4v) is 3.45. The van der Waals surface area contributed by atoms with Crippen molar-refractivity contribution < 1.29 is 22.7 Å². The van der Waals surface area contributed by atoms with Crippen LogP contribution >= 0.6 is 11.3 Å². The Balaban J connectivity index is 2.71. The highest BCUT2D eigenvalue weighted by Gasteiger charge is 2.21. The van der Waals surface area contributed by atoms with E-state index >= 15 is 0 Å². The van der Waals surface area contributed by atoms with E-state index in [2.05, 4.69) is 0 Å². The second kappa shape index (κ2) is 6.21. The zero-order chi connectivity index (χ0) is 15.6. The first-order chi connectivity index (χ1) is 9.07. The number of rotatable bonds is 6. The number of hydrogen-bond acceptors (Lipinski definition) is 6. The lowest BCUT2D eigenvalue weighted by Gasteiger charge is -2.22. The monoisotopic (exact) mass is 321 g/mol. The third-order valence-electron chi connectivity index (χ3n) is 2.87. The van der Waals surface area contributed by atoms with Crippen LogP contribution in [0.5, 0.6) is 0 Å². The molecule has 1 aromatic rings. The number of carbonyl (C=O) groups is 1. The number of esters is 1. The molecule has 0 radical (unpaired) electrons. The van der Waals surface area contributed by atoms with E-state index in [1.165, 1.54) is 6.07 Å². The van der Waals surface area contributed by atoms with Crippen molar-refractivity contribution in [2.75, 3.05) is 13.7 Å². The lowest BCUT2D eigenvalue weighted by molar-refractivity contribution is -0.00549. The number of nitrogens with two attached hydrogens (primary N) is 1. The minimum atomic E-state index is -3.81. The summed E-state index contributed by atoms with van der Waals surface area (Å²) in [5.41, 5.74) is -0.378. The summed E-state index contributed by atoms with van der Waals surface area (Å²) in [6.45, 7) is 5.56. The summed E-state index contributed by atoms with van der Waals surface area (Å²) in [4.78, 5) is 12.5. The fourth-order valence-electron chi connectivity index (χ4n) is 1.41. The van der Waals surface area contributed by atoms with Crippen LogP contribution in [0.15, 0.2) is 11.0 Å². The van der Waals surface area contributed by atoms with Crippen molar-refractivity contribution in [1.82, 2.24) is 0 Å². The lowest BCUT2D eigenvalue weighted by atomic mass is 10.1. The number of hydrogen-bond donors (Lipinski definition) is 1. The molecular weight excluding hydrogens is 302 g/mol. The Kier molecular flexibility index (Phi) is 5.31. The Morgan fingerprint density at radius 1 is 1.45 bits per heavy atom. The molecule has 0 fully saturated rings. The van der Waals surface area contributed by atoms with Gasteiger partial charge in [-0.05, 0) is 26.8 Å². The highest BCUT2D eigenvalue weighted by atomic mass is 32.2. The zero-order valence-corrected chi connectivity index (χ0v) is 13.6. The van der Waals surface area contributed by atoms with Gasteiger partial charge < -0.3 is 9.47 Å². The predicted molar refractivity (Wildman–Crippen MR) is 76.4 cm³/mol. The molecule has 0 amide bonds. The molecule has 0 aliphatic carbocycles. The van der Waals surface area contributed by atoms with E-state index in [1.807, 2.05) is 13.8 Å². The summed E-state index contributed by atoms with van der Waals surface area (Å²) < 4.78 is 32.9. The van der Waals surface area contributed by atoms with Gasteiger partial charge >= 0.3 is 5.97 Å². The minimum Gasteiger partial charge on any atom is -0.461 e. The Morgan fingerprint density at radius 2 is 2.05 bits per heavy atom. The molecule has 114 valence electrons. The van der Waals surface area contributed by atoms with E-state index in [0.717, 1.165) is 11.3 Å². The number of sulfonamides is 1. The van der Waals surface area contributed by atoms with Crippen LogP contribution in [0.25, 0.3) is 0 Å². The smallest absolute Gasteiger partial charge is 0.348 e. The molecule has 0 saturated heterocycles. The van der Waals surface area contributed by atoms with Gasteiger partial charge in [0.2, 0.25) is 10.0 Å². The van der Waals surface area contributed by atoms with Crippen molar-refractivity contribution in [2.45, 2.75) is 37.7 Å². The quantitative estimate of drug-likeness (QED) is 0.804. The van der Waals surface area contributed by atoms with Gasteiger partial charge in [-0.2, -0.15) is 0 Å². The maximum absolute atomic E-state index is 11.8. The first kappa shape index (κ1) is 17.1. The van der Waals surface area contributed by atoms with Crippen LogP contribution in [-0.2, 0) is 19.5 Å². The Hall–Kier alpha value is -0.960. The third kappa shape index (κ3) is 4.55. The molecule has 1 rings (SSSR count). The number of primary sulfonamides is 1. The van der Waals surface area contributed by atoms with E-state index in [1.54, 1.807) is 14.0 Å². The van der Waals surface area contributed by atoms with Gasteiger partial charge in [0.15, 0.2) is 0 Å². The molecule has 0 aliphatic rings. The zero-order valence-electron chi connectivity index (χ0n) is 11.9. The van der Waals surface area contributed by atoms with Crippen LogP contribution < -0.4 is 5.14 Å². The van der Waals surface area contributed by atoms with Crippen molar-refractivity contribution in [3.05, 3.63) is 15.8 Å². The largest absolute Gasteiger partial charge is 0.461 e. The van der Waals surface area contributed by atoms with Crippen molar-refractivity contribution in [3.8, 4) is 0 Å². The number of ether oxygens (including phenoxy) is 2. The van der Waals surface area contributed by atoms with Gasteiger partial charge in [-0.3, -0.25) is 0 Å². The molecule has 0 atom stereocenters. The Bertz CT molecular complexity index is 589. The van der Waals surface area contributed by atoms with Gasteiger partial charge in [0.1, 0.15) is 4.88 Å². The molecule has 0 aliphatic heterocycles. The normalized spacial score (nSPS) is 12.4. The molecule has 0 bridgehead atoms. The molecule has 1 heterocycles. The second-order valence-corrected chi connectivity index (χ2v) is 7.71. The van der Waals surface area contributed by atoms with Gasteiger partial charge in [0, 0.05) is 18.4 Å². The topological polar surface area (TPSA) is 95.7 Å². The van der Waals surface area contributed by atoms with E-state index in [9.17, 15) is 13.2 Å². The van der Waals surface area contributed by atoms with Gasteiger partial charge in [0.05, 0.1) is 17.1 Å². The average Bonchev–Trinajstić information content (AvgIpc) is 2.71. The van der Waals surface area contributed by atoms with Crippen molar-refractivity contribution in [3.63, 3.8) is 0 Å². The fraction of sp³-hybridized carbons (Fsp3) is 0.583. The number of methoxy groups -OCH3 is 1. The van der Waals surface area contributed by atoms with Crippen molar-refractivity contribution >= 4 is 27.3 Å². The van der Waals surface area contributed by atoms with Gasteiger partial charge in [-0.25, -0.2) is 18.4 Å². The maximum Gasteiger partial charge on any atom is 0.348 e.